The van der Waals surface area contributed by atoms with Crippen molar-refractivity contribution in [1.82, 2.24) is 10.2 Å². The van der Waals surface area contributed by atoms with Crippen LogP contribution >= 0.6 is 11.6 Å². The zero-order chi connectivity index (χ0) is 21.0. The van der Waals surface area contributed by atoms with Crippen molar-refractivity contribution in [1.29, 1.82) is 0 Å². The molecule has 2 aromatic rings. The van der Waals surface area contributed by atoms with Gasteiger partial charge in [-0.3, -0.25) is 9.59 Å². The number of carbonyl (C=O) groups is 3. The highest BCUT2D eigenvalue weighted by Gasteiger charge is 2.34. The van der Waals surface area contributed by atoms with Gasteiger partial charge in [0.05, 0.1) is 7.11 Å². The van der Waals surface area contributed by atoms with Crippen LogP contribution < -0.4 is 14.8 Å². The monoisotopic (exact) mass is 416 g/mol. The van der Waals surface area contributed by atoms with E-state index in [1.165, 1.54) is 13.2 Å². The van der Waals surface area contributed by atoms with Crippen LogP contribution in [0.3, 0.4) is 0 Å². The molecule has 9 heteroatoms. The van der Waals surface area contributed by atoms with Gasteiger partial charge in [-0.1, -0.05) is 29.8 Å². The minimum Gasteiger partial charge on any atom is -0.493 e. The smallest absolute Gasteiger partial charge is 0.329 e. The molecule has 0 radical (unpaired) electrons. The number of aliphatic carboxylic acids is 1. The first kappa shape index (κ1) is 20.2. The Hall–Kier alpha value is -3.52. The number of benzene rings is 2. The van der Waals surface area contributed by atoms with Crippen LogP contribution in [0.15, 0.2) is 48.2 Å². The van der Waals surface area contributed by atoms with Gasteiger partial charge in [0.25, 0.3) is 5.91 Å². The molecular weight excluding hydrogens is 400 g/mol. The van der Waals surface area contributed by atoms with Crippen LogP contribution in [-0.2, 0) is 16.2 Å². The highest BCUT2D eigenvalue weighted by molar-refractivity contribution is 6.30. The summed E-state index contributed by atoms with van der Waals surface area (Å²) in [7, 11) is 1.48. The van der Waals surface area contributed by atoms with Gasteiger partial charge in [0.1, 0.15) is 18.8 Å². The summed E-state index contributed by atoms with van der Waals surface area (Å²) >= 11 is 5.87. The first-order valence-corrected chi connectivity index (χ1v) is 8.87. The molecule has 0 aliphatic carbocycles. The maximum Gasteiger partial charge on any atom is 0.329 e. The van der Waals surface area contributed by atoms with E-state index < -0.39 is 24.5 Å². The summed E-state index contributed by atoms with van der Waals surface area (Å²) in [5.41, 5.74) is 1.48. The van der Waals surface area contributed by atoms with Crippen LogP contribution in [0.5, 0.6) is 11.5 Å². The molecule has 0 spiro atoms. The normalized spacial score (nSPS) is 14.8. The van der Waals surface area contributed by atoms with Crippen molar-refractivity contribution in [2.45, 2.75) is 6.61 Å². The number of methoxy groups -OCH3 is 1. The number of ether oxygens (including phenoxy) is 2. The number of amides is 3. The van der Waals surface area contributed by atoms with E-state index in [-0.39, 0.29) is 5.70 Å². The van der Waals surface area contributed by atoms with Crippen LogP contribution in [0.1, 0.15) is 11.1 Å². The Labute approximate surface area is 171 Å². The summed E-state index contributed by atoms with van der Waals surface area (Å²) in [6.07, 6.45) is 1.44. The first-order chi connectivity index (χ1) is 13.9. The lowest BCUT2D eigenvalue weighted by Gasteiger charge is -2.12. The molecule has 1 fully saturated rings. The number of nitrogens with one attached hydrogen (secondary N) is 1. The second kappa shape index (κ2) is 8.66. The third-order valence-electron chi connectivity index (χ3n) is 4.06. The van der Waals surface area contributed by atoms with E-state index in [0.717, 1.165) is 5.56 Å². The van der Waals surface area contributed by atoms with Crippen molar-refractivity contribution in [3.05, 3.63) is 64.3 Å². The van der Waals surface area contributed by atoms with Crippen molar-refractivity contribution in [3.63, 3.8) is 0 Å². The number of rotatable bonds is 7. The topological polar surface area (TPSA) is 105 Å². The van der Waals surface area contributed by atoms with Crippen LogP contribution in [-0.4, -0.2) is 41.6 Å². The Morgan fingerprint density at radius 3 is 2.55 bits per heavy atom. The maximum absolute atomic E-state index is 12.2. The Morgan fingerprint density at radius 2 is 1.90 bits per heavy atom. The molecule has 150 valence electrons. The summed E-state index contributed by atoms with van der Waals surface area (Å²) in [4.78, 5) is 35.4. The van der Waals surface area contributed by atoms with Gasteiger partial charge in [-0.15, -0.1) is 0 Å². The zero-order valence-corrected chi connectivity index (χ0v) is 16.1. The van der Waals surface area contributed by atoms with Crippen LogP contribution in [0.25, 0.3) is 6.08 Å². The predicted octanol–water partition coefficient (Wildman–Crippen LogP) is 2.90. The van der Waals surface area contributed by atoms with Gasteiger partial charge in [0.15, 0.2) is 11.5 Å². The average Bonchev–Trinajstić information content (AvgIpc) is 2.95. The zero-order valence-electron chi connectivity index (χ0n) is 15.3. The molecule has 1 saturated heterocycles. The average molecular weight is 417 g/mol. The number of halogens is 1. The summed E-state index contributed by atoms with van der Waals surface area (Å²) in [5.74, 6) is -1.05. The van der Waals surface area contributed by atoms with Gasteiger partial charge < -0.3 is 19.9 Å². The van der Waals surface area contributed by atoms with Gasteiger partial charge in [-0.2, -0.15) is 0 Å². The minimum absolute atomic E-state index is 0.0202. The molecule has 1 aliphatic heterocycles. The third-order valence-corrected chi connectivity index (χ3v) is 4.31. The Bertz CT molecular complexity index is 987. The summed E-state index contributed by atoms with van der Waals surface area (Å²) < 4.78 is 11.1. The molecule has 2 N–H and O–H groups in total. The highest BCUT2D eigenvalue weighted by Crippen LogP contribution is 2.30. The summed E-state index contributed by atoms with van der Waals surface area (Å²) in [5, 5.41) is 11.8. The van der Waals surface area contributed by atoms with Gasteiger partial charge in [-0.25, -0.2) is 9.69 Å². The Kier molecular flexibility index (Phi) is 6.04. The second-order valence-corrected chi connectivity index (χ2v) is 6.54. The highest BCUT2D eigenvalue weighted by atomic mass is 35.5. The first-order valence-electron chi connectivity index (χ1n) is 8.49. The number of imide groups is 1. The third kappa shape index (κ3) is 4.85. The van der Waals surface area contributed by atoms with Crippen molar-refractivity contribution in [3.8, 4) is 11.5 Å². The Balaban J connectivity index is 1.75. The predicted molar refractivity (Wildman–Crippen MR) is 105 cm³/mol. The summed E-state index contributed by atoms with van der Waals surface area (Å²) in [6, 6.07) is 11.5. The molecule has 0 unspecified atom stereocenters. The number of carboxylic acid groups (broad SMARTS) is 1. The standard InChI is InChI=1S/C20H17ClN2O6/c1-28-17-9-13(8-15-19(26)23(10-18(24)25)20(27)22-15)4-7-16(17)29-11-12-2-5-14(21)6-3-12/h2-9H,10-11H2,1H3,(H,22,27)(H,24,25)/b15-8+. The number of carboxylic acids is 1. The lowest BCUT2D eigenvalue weighted by Crippen LogP contribution is -2.35. The van der Waals surface area contributed by atoms with Gasteiger partial charge in [0, 0.05) is 5.02 Å². The van der Waals surface area contributed by atoms with E-state index in [9.17, 15) is 14.4 Å². The van der Waals surface area contributed by atoms with E-state index in [1.54, 1.807) is 30.3 Å². The summed E-state index contributed by atoms with van der Waals surface area (Å²) in [6.45, 7) is -0.393. The maximum atomic E-state index is 12.2. The SMILES string of the molecule is COc1cc(/C=C2/NC(=O)N(CC(=O)O)C2=O)ccc1OCc1ccc(Cl)cc1. The largest absolute Gasteiger partial charge is 0.493 e. The van der Waals surface area contributed by atoms with Crippen molar-refractivity contribution < 1.29 is 29.0 Å². The molecule has 0 bridgehead atoms. The lowest BCUT2D eigenvalue weighted by atomic mass is 10.1. The molecule has 0 atom stereocenters. The minimum atomic E-state index is -1.28. The fourth-order valence-electron chi connectivity index (χ4n) is 2.65. The second-order valence-electron chi connectivity index (χ2n) is 6.10. The van der Waals surface area contributed by atoms with E-state index >= 15 is 0 Å². The number of carbonyl (C=O) groups excluding carboxylic acids is 2. The van der Waals surface area contributed by atoms with E-state index in [1.807, 2.05) is 12.1 Å². The van der Waals surface area contributed by atoms with E-state index in [2.05, 4.69) is 5.32 Å². The number of hydrogen-bond donors (Lipinski definition) is 2. The molecule has 3 amide bonds. The molecule has 8 nitrogen and oxygen atoms in total. The van der Waals surface area contributed by atoms with Crippen LogP contribution in [0.2, 0.25) is 5.02 Å². The number of hydrogen-bond acceptors (Lipinski definition) is 5. The molecule has 29 heavy (non-hydrogen) atoms. The van der Waals surface area contributed by atoms with Gasteiger partial charge in [-0.05, 0) is 41.5 Å². The van der Waals surface area contributed by atoms with Gasteiger partial charge in [0.2, 0.25) is 0 Å². The fourth-order valence-corrected chi connectivity index (χ4v) is 2.78. The van der Waals surface area contributed by atoms with Crippen LogP contribution in [0, 0.1) is 0 Å². The molecule has 3 rings (SSSR count). The Morgan fingerprint density at radius 1 is 1.17 bits per heavy atom. The fraction of sp³-hybridized carbons (Fsp3) is 0.150. The quantitative estimate of drug-likeness (QED) is 0.531. The van der Waals surface area contributed by atoms with Crippen molar-refractivity contribution >= 4 is 35.6 Å². The number of urea groups is 1. The number of nitrogens with zero attached hydrogens (tertiary/aromatic N) is 1. The molecule has 0 aromatic heterocycles. The van der Waals surface area contributed by atoms with Crippen LogP contribution in [0.4, 0.5) is 4.79 Å². The molecule has 1 aliphatic rings. The molecule has 0 saturated carbocycles. The van der Waals surface area contributed by atoms with Crippen molar-refractivity contribution in [2.75, 3.05) is 13.7 Å². The molecule has 1 heterocycles. The van der Waals surface area contributed by atoms with E-state index in [4.69, 9.17) is 26.2 Å². The van der Waals surface area contributed by atoms with Crippen molar-refractivity contribution in [2.24, 2.45) is 0 Å². The van der Waals surface area contributed by atoms with Gasteiger partial charge >= 0.3 is 12.0 Å². The lowest BCUT2D eigenvalue weighted by molar-refractivity contribution is -0.140. The van der Waals surface area contributed by atoms with E-state index in [0.29, 0.717) is 33.6 Å². The molecule has 2 aromatic carbocycles. The molecular formula is C20H17ClN2O6.